The van der Waals surface area contributed by atoms with Gasteiger partial charge in [-0.1, -0.05) is 35.1 Å². The molecule has 12 heteroatoms. The van der Waals surface area contributed by atoms with Crippen molar-refractivity contribution >= 4 is 44.5 Å². The van der Waals surface area contributed by atoms with E-state index in [-0.39, 0.29) is 0 Å². The molecule has 0 aliphatic carbocycles. The Labute approximate surface area is 242 Å². The van der Waals surface area contributed by atoms with Gasteiger partial charge in [-0.05, 0) is 42.5 Å². The fourth-order valence-corrected chi connectivity index (χ4v) is 5.20. The highest BCUT2D eigenvalue weighted by Gasteiger charge is 2.21. The van der Waals surface area contributed by atoms with Gasteiger partial charge in [-0.2, -0.15) is 15.3 Å². The number of ether oxygens (including phenoxy) is 1. The van der Waals surface area contributed by atoms with Crippen molar-refractivity contribution in [3.8, 4) is 45.6 Å². The lowest BCUT2D eigenvalue weighted by Gasteiger charge is -2.14. The van der Waals surface area contributed by atoms with Crippen LogP contribution < -0.4 is 10.1 Å². The summed E-state index contributed by atoms with van der Waals surface area (Å²) in [7, 11) is 3.38. The van der Waals surface area contributed by atoms with E-state index in [9.17, 15) is 4.79 Å². The van der Waals surface area contributed by atoms with Crippen molar-refractivity contribution in [1.29, 1.82) is 5.26 Å². The predicted molar refractivity (Wildman–Crippen MR) is 157 cm³/mol. The first-order valence-corrected chi connectivity index (χ1v) is 13.4. The predicted octanol–water partition coefficient (Wildman–Crippen LogP) is 6.00. The highest BCUT2D eigenvalue weighted by Crippen LogP contribution is 2.37. The van der Waals surface area contributed by atoms with Crippen molar-refractivity contribution in [3.63, 3.8) is 0 Å². The number of carbonyl (C=O) groups excluding carboxylic acids is 1. The molecule has 4 aromatic heterocycles. The largest absolute Gasteiger partial charge is 0.496 e. The van der Waals surface area contributed by atoms with Gasteiger partial charge in [0.15, 0.2) is 15.6 Å². The molecule has 200 valence electrons. The number of rotatable bonds is 6. The maximum Gasteiger partial charge on any atom is 0.259 e. The minimum atomic E-state index is -0.423. The molecule has 0 saturated carbocycles. The Balaban J connectivity index is 1.36. The van der Waals surface area contributed by atoms with Crippen LogP contribution >= 0.6 is 22.9 Å². The van der Waals surface area contributed by atoms with Crippen molar-refractivity contribution in [1.82, 2.24) is 29.7 Å². The zero-order valence-corrected chi connectivity index (χ0v) is 23.2. The zero-order chi connectivity index (χ0) is 28.5. The molecule has 0 bridgehead atoms. The van der Waals surface area contributed by atoms with E-state index < -0.39 is 5.91 Å². The summed E-state index contributed by atoms with van der Waals surface area (Å²) in [6, 6.07) is 18.0. The van der Waals surface area contributed by atoms with Gasteiger partial charge in [0.25, 0.3) is 5.91 Å². The number of halogens is 1. The van der Waals surface area contributed by atoms with E-state index in [1.54, 1.807) is 54.4 Å². The maximum atomic E-state index is 13.6. The van der Waals surface area contributed by atoms with Crippen molar-refractivity contribution < 1.29 is 9.53 Å². The summed E-state index contributed by atoms with van der Waals surface area (Å²) in [5, 5.41) is 17.2. The van der Waals surface area contributed by atoms with E-state index >= 15 is 0 Å². The van der Waals surface area contributed by atoms with Crippen LogP contribution in [0.5, 0.6) is 5.75 Å². The van der Waals surface area contributed by atoms with Crippen molar-refractivity contribution in [2.24, 2.45) is 7.05 Å². The lowest BCUT2D eigenvalue weighted by molar-refractivity contribution is 0.102. The smallest absolute Gasteiger partial charge is 0.259 e. The number of benzene rings is 2. The summed E-state index contributed by atoms with van der Waals surface area (Å²) in [6.07, 6.45) is 4.93. The summed E-state index contributed by atoms with van der Waals surface area (Å²) in [4.78, 5) is 32.2. The number of hydrogen-bond donors (Lipinski definition) is 1. The van der Waals surface area contributed by atoms with Gasteiger partial charge in [0.05, 0.1) is 41.9 Å². The Bertz CT molecular complexity index is 1980. The first kappa shape index (κ1) is 26.1. The number of anilines is 1. The molecular weight excluding hydrogens is 560 g/mol. The van der Waals surface area contributed by atoms with Crippen LogP contribution in [0.3, 0.4) is 0 Å². The molecule has 0 spiro atoms. The number of thiazole rings is 1. The molecule has 2 aromatic carbocycles. The maximum absolute atomic E-state index is 13.6. The summed E-state index contributed by atoms with van der Waals surface area (Å²) >= 11 is 7.54. The van der Waals surface area contributed by atoms with E-state index in [0.29, 0.717) is 65.7 Å². The molecule has 0 aliphatic heterocycles. The Morgan fingerprint density at radius 3 is 2.56 bits per heavy atom. The Hall–Kier alpha value is -5.18. The van der Waals surface area contributed by atoms with Gasteiger partial charge >= 0.3 is 0 Å². The lowest BCUT2D eigenvalue weighted by Crippen LogP contribution is -2.14. The zero-order valence-electron chi connectivity index (χ0n) is 21.7. The average molecular weight is 579 g/mol. The molecule has 10 nitrogen and oxygen atoms in total. The third-order valence-corrected chi connectivity index (χ3v) is 7.32. The number of nitrogens with one attached hydrogen (secondary N) is 1. The SMILES string of the molecule is COc1ccc(Cl)cc1-c1cc(-c2ccn(C)n2)ncc1C(=O)Nc1nc2ncc(-c3ccc(C#N)cc3)nc2s1. The number of aryl methyl sites for hydroxylation is 1. The third kappa shape index (κ3) is 5.21. The number of aromatic nitrogens is 6. The van der Waals surface area contributed by atoms with Crippen LogP contribution in [-0.2, 0) is 7.05 Å². The highest BCUT2D eigenvalue weighted by molar-refractivity contribution is 7.21. The Kier molecular flexibility index (Phi) is 6.84. The number of pyridine rings is 1. The van der Waals surface area contributed by atoms with Gasteiger partial charge < -0.3 is 4.74 Å². The van der Waals surface area contributed by atoms with E-state index in [1.165, 1.54) is 17.5 Å². The standard InChI is InChI=1S/C29H19ClN8O2S/c1-38-10-9-22(37-38)23-12-19(20-11-18(30)7-8-25(20)40-2)21(14-32-23)27(39)36-29-35-26-28(41-29)34-24(15-33-26)17-5-3-16(13-31)4-6-17/h3-12,14-15H,1-2H3,(H,33,35,36,39). The minimum Gasteiger partial charge on any atom is -0.496 e. The molecule has 6 aromatic rings. The quantitative estimate of drug-likeness (QED) is 0.254. The molecule has 4 heterocycles. The Morgan fingerprint density at radius 2 is 1.83 bits per heavy atom. The van der Waals surface area contributed by atoms with Crippen molar-refractivity contribution in [2.45, 2.75) is 0 Å². The number of methoxy groups -OCH3 is 1. The first-order valence-electron chi connectivity index (χ1n) is 12.2. The van der Waals surface area contributed by atoms with Crippen molar-refractivity contribution in [2.75, 3.05) is 12.4 Å². The van der Waals surface area contributed by atoms with E-state index in [2.05, 4.69) is 36.4 Å². The number of hydrogen-bond acceptors (Lipinski definition) is 9. The van der Waals surface area contributed by atoms with Crippen LogP contribution in [0.2, 0.25) is 5.02 Å². The topological polar surface area (TPSA) is 132 Å². The number of amides is 1. The fourth-order valence-electron chi connectivity index (χ4n) is 4.24. The first-order chi connectivity index (χ1) is 19.9. The van der Waals surface area contributed by atoms with Gasteiger partial charge in [0.2, 0.25) is 0 Å². The van der Waals surface area contributed by atoms with Crippen LogP contribution in [0.1, 0.15) is 15.9 Å². The third-order valence-electron chi connectivity index (χ3n) is 6.23. The van der Waals surface area contributed by atoms with Gasteiger partial charge in [-0.15, -0.1) is 0 Å². The Morgan fingerprint density at radius 1 is 1.00 bits per heavy atom. The molecule has 1 N–H and O–H groups in total. The van der Waals surface area contributed by atoms with Crippen LogP contribution in [0, 0.1) is 11.3 Å². The van der Waals surface area contributed by atoms with Crippen LogP contribution in [0.25, 0.3) is 44.2 Å². The van der Waals surface area contributed by atoms with E-state index in [0.717, 1.165) is 5.56 Å². The van der Waals surface area contributed by atoms with Gasteiger partial charge in [-0.25, -0.2) is 9.97 Å². The number of fused-ring (bicyclic) bond motifs is 1. The summed E-state index contributed by atoms with van der Waals surface area (Å²) in [6.45, 7) is 0. The van der Waals surface area contributed by atoms with E-state index in [1.807, 2.05) is 31.4 Å². The number of carbonyl (C=O) groups is 1. The fraction of sp³-hybridized carbons (Fsp3) is 0.0690. The second kappa shape index (κ2) is 10.8. The summed E-state index contributed by atoms with van der Waals surface area (Å²) in [5.41, 5.74) is 5.15. The van der Waals surface area contributed by atoms with Crippen molar-refractivity contribution in [3.05, 3.63) is 89.3 Å². The molecule has 0 atom stereocenters. The molecule has 0 fully saturated rings. The summed E-state index contributed by atoms with van der Waals surface area (Å²) in [5.74, 6) is 0.124. The molecule has 0 unspecified atom stereocenters. The second-order valence-electron chi connectivity index (χ2n) is 8.88. The lowest BCUT2D eigenvalue weighted by atomic mass is 9.98. The average Bonchev–Trinajstić information content (AvgIpc) is 3.61. The van der Waals surface area contributed by atoms with Gasteiger partial charge in [0.1, 0.15) is 11.4 Å². The minimum absolute atomic E-state index is 0.295. The monoisotopic (exact) mass is 578 g/mol. The van der Waals surface area contributed by atoms with Crippen LogP contribution in [0.4, 0.5) is 5.13 Å². The normalized spacial score (nSPS) is 10.9. The molecule has 0 aliphatic rings. The van der Waals surface area contributed by atoms with Crippen LogP contribution in [-0.4, -0.2) is 42.7 Å². The molecule has 41 heavy (non-hydrogen) atoms. The molecule has 6 rings (SSSR count). The summed E-state index contributed by atoms with van der Waals surface area (Å²) < 4.78 is 7.26. The molecule has 0 radical (unpaired) electrons. The molecule has 1 amide bonds. The van der Waals surface area contributed by atoms with Gasteiger partial charge in [0, 0.05) is 41.2 Å². The molecule has 0 saturated heterocycles. The van der Waals surface area contributed by atoms with E-state index in [4.69, 9.17) is 21.6 Å². The van der Waals surface area contributed by atoms with Gasteiger partial charge in [-0.3, -0.25) is 19.8 Å². The number of nitrogens with zero attached hydrogens (tertiary/aromatic N) is 7. The number of nitriles is 1. The van der Waals surface area contributed by atoms with Crippen LogP contribution in [0.15, 0.2) is 73.2 Å². The molecular formula is C29H19ClN8O2S. The highest BCUT2D eigenvalue weighted by atomic mass is 35.5. The second-order valence-corrected chi connectivity index (χ2v) is 10.3.